The summed E-state index contributed by atoms with van der Waals surface area (Å²) in [6, 6.07) is 12.0. The van der Waals surface area contributed by atoms with E-state index in [-0.39, 0.29) is 22.8 Å². The largest absolute Gasteiger partial charge is 0.416 e. The number of pyridine rings is 1. The molecule has 3 rings (SSSR count). The summed E-state index contributed by atoms with van der Waals surface area (Å²) in [6.45, 7) is 0.139. The predicted molar refractivity (Wildman–Crippen MR) is 106 cm³/mol. The molecule has 1 heterocycles. The summed E-state index contributed by atoms with van der Waals surface area (Å²) in [7, 11) is 0. The normalized spacial score (nSPS) is 11.3. The van der Waals surface area contributed by atoms with Crippen LogP contribution < -0.4 is 10.9 Å². The third-order valence-electron chi connectivity index (χ3n) is 4.01. The van der Waals surface area contributed by atoms with Gasteiger partial charge in [0.1, 0.15) is 5.56 Å². The molecule has 0 saturated carbocycles. The van der Waals surface area contributed by atoms with Crippen molar-refractivity contribution in [3.8, 4) is 0 Å². The van der Waals surface area contributed by atoms with Gasteiger partial charge in [0.2, 0.25) is 0 Å². The second-order valence-corrected chi connectivity index (χ2v) is 7.04. The number of carbonyl (C=O) groups excluding carboxylic acids is 1. The molecular weight excluding hydrogens is 428 g/mol. The van der Waals surface area contributed by atoms with Crippen LogP contribution in [0.3, 0.4) is 0 Å². The summed E-state index contributed by atoms with van der Waals surface area (Å²) in [6.07, 6.45) is -3.09. The van der Waals surface area contributed by atoms with Crippen LogP contribution in [0.1, 0.15) is 21.5 Å². The van der Waals surface area contributed by atoms with Crippen LogP contribution in [-0.4, -0.2) is 10.5 Å². The third kappa shape index (κ3) is 5.19. The van der Waals surface area contributed by atoms with E-state index in [2.05, 4.69) is 5.32 Å². The monoisotopic (exact) mass is 440 g/mol. The van der Waals surface area contributed by atoms with Crippen LogP contribution in [0, 0.1) is 0 Å². The standard InChI is InChI=1S/C20H13Cl2F3N2O2/c21-14-3-1-2-12(8-14)10-27-11-15(22)9-17(19(27)29)18(28)26-16-6-4-13(5-7-16)20(23,24)25/h1-9,11H,10H2,(H,26,28). The van der Waals surface area contributed by atoms with Crippen molar-refractivity contribution in [1.29, 1.82) is 0 Å². The highest BCUT2D eigenvalue weighted by Gasteiger charge is 2.30. The van der Waals surface area contributed by atoms with Gasteiger partial charge in [0, 0.05) is 16.9 Å². The summed E-state index contributed by atoms with van der Waals surface area (Å²) in [4.78, 5) is 25.2. The van der Waals surface area contributed by atoms with Crippen molar-refractivity contribution in [2.75, 3.05) is 5.32 Å². The van der Waals surface area contributed by atoms with Crippen LogP contribution >= 0.6 is 23.2 Å². The van der Waals surface area contributed by atoms with E-state index in [1.165, 1.54) is 16.8 Å². The average molecular weight is 441 g/mol. The summed E-state index contributed by atoms with van der Waals surface area (Å²) in [5.41, 5.74) is -0.833. The molecule has 150 valence electrons. The molecule has 0 saturated heterocycles. The number of amides is 1. The molecule has 3 aromatic rings. The number of benzene rings is 2. The van der Waals surface area contributed by atoms with Gasteiger partial charge in [0.15, 0.2) is 0 Å². The third-order valence-corrected chi connectivity index (χ3v) is 4.45. The fourth-order valence-corrected chi connectivity index (χ4v) is 3.09. The Labute approximate surface area is 173 Å². The first kappa shape index (κ1) is 21.0. The van der Waals surface area contributed by atoms with Crippen molar-refractivity contribution in [3.05, 3.63) is 97.9 Å². The molecule has 4 nitrogen and oxygen atoms in total. The lowest BCUT2D eigenvalue weighted by Gasteiger charge is -2.11. The van der Waals surface area contributed by atoms with Gasteiger partial charge in [-0.2, -0.15) is 13.2 Å². The lowest BCUT2D eigenvalue weighted by Crippen LogP contribution is -2.29. The summed E-state index contributed by atoms with van der Waals surface area (Å²) < 4.78 is 39.2. The molecule has 1 amide bonds. The number of hydrogen-bond acceptors (Lipinski definition) is 2. The minimum Gasteiger partial charge on any atom is -0.322 e. The zero-order valence-electron chi connectivity index (χ0n) is 14.6. The van der Waals surface area contributed by atoms with Crippen molar-refractivity contribution in [3.63, 3.8) is 0 Å². The van der Waals surface area contributed by atoms with E-state index < -0.39 is 23.2 Å². The van der Waals surface area contributed by atoms with Gasteiger partial charge in [-0.25, -0.2) is 0 Å². The van der Waals surface area contributed by atoms with Gasteiger partial charge in [-0.1, -0.05) is 35.3 Å². The Morgan fingerprint density at radius 3 is 2.31 bits per heavy atom. The van der Waals surface area contributed by atoms with Crippen molar-refractivity contribution in [2.24, 2.45) is 0 Å². The van der Waals surface area contributed by atoms with E-state index in [1.807, 2.05) is 0 Å². The van der Waals surface area contributed by atoms with Gasteiger partial charge in [0.05, 0.1) is 17.1 Å². The Bertz CT molecular complexity index is 1110. The van der Waals surface area contributed by atoms with Crippen LogP contribution in [0.2, 0.25) is 10.0 Å². The van der Waals surface area contributed by atoms with E-state index in [0.29, 0.717) is 5.02 Å². The Morgan fingerprint density at radius 2 is 1.69 bits per heavy atom. The Kier molecular flexibility index (Phi) is 6.00. The number of halogens is 5. The minimum atomic E-state index is -4.48. The van der Waals surface area contributed by atoms with Crippen LogP contribution in [0.5, 0.6) is 0 Å². The maximum atomic E-state index is 12.7. The second kappa shape index (κ2) is 8.31. The molecule has 2 aromatic carbocycles. The first-order valence-electron chi connectivity index (χ1n) is 8.26. The molecule has 0 radical (unpaired) electrons. The lowest BCUT2D eigenvalue weighted by atomic mass is 10.2. The fraction of sp³-hybridized carbons (Fsp3) is 0.100. The molecule has 1 N–H and O–H groups in total. The Morgan fingerprint density at radius 1 is 1.00 bits per heavy atom. The molecule has 0 spiro atoms. The molecule has 0 aliphatic carbocycles. The second-order valence-electron chi connectivity index (χ2n) is 6.16. The van der Waals surface area contributed by atoms with Crippen LogP contribution in [-0.2, 0) is 12.7 Å². The molecule has 0 aliphatic heterocycles. The van der Waals surface area contributed by atoms with Gasteiger partial charge in [0.25, 0.3) is 11.5 Å². The number of anilines is 1. The topological polar surface area (TPSA) is 51.1 Å². The molecular formula is C20H13Cl2F3N2O2. The first-order valence-corrected chi connectivity index (χ1v) is 9.02. The molecule has 0 fully saturated rings. The van der Waals surface area contributed by atoms with Gasteiger partial charge >= 0.3 is 6.18 Å². The highest BCUT2D eigenvalue weighted by molar-refractivity contribution is 6.31. The number of nitrogens with zero attached hydrogens (tertiary/aromatic N) is 1. The van der Waals surface area contributed by atoms with Crippen molar-refractivity contribution in [2.45, 2.75) is 12.7 Å². The molecule has 0 bridgehead atoms. The van der Waals surface area contributed by atoms with Crippen molar-refractivity contribution in [1.82, 2.24) is 4.57 Å². The summed E-state index contributed by atoms with van der Waals surface area (Å²) in [5, 5.41) is 3.06. The summed E-state index contributed by atoms with van der Waals surface area (Å²) in [5.74, 6) is -0.780. The van der Waals surface area contributed by atoms with Crippen molar-refractivity contribution < 1.29 is 18.0 Å². The Hall–Kier alpha value is -2.77. The molecule has 0 atom stereocenters. The van der Waals surface area contributed by atoms with Gasteiger partial charge in [-0.15, -0.1) is 0 Å². The number of carbonyl (C=O) groups is 1. The molecule has 0 unspecified atom stereocenters. The van der Waals surface area contributed by atoms with Crippen LogP contribution in [0.4, 0.5) is 18.9 Å². The van der Waals surface area contributed by atoms with Gasteiger partial charge in [-0.05, 0) is 48.0 Å². The minimum absolute atomic E-state index is 0.115. The Balaban J connectivity index is 1.85. The quantitative estimate of drug-likeness (QED) is 0.584. The number of hydrogen-bond donors (Lipinski definition) is 1. The smallest absolute Gasteiger partial charge is 0.322 e. The van der Waals surface area contributed by atoms with Gasteiger partial charge < -0.3 is 9.88 Å². The maximum absolute atomic E-state index is 12.7. The molecule has 0 aliphatic rings. The van der Waals surface area contributed by atoms with E-state index in [4.69, 9.17) is 23.2 Å². The SMILES string of the molecule is O=C(Nc1ccc(C(F)(F)F)cc1)c1cc(Cl)cn(Cc2cccc(Cl)c2)c1=O. The first-order chi connectivity index (χ1) is 13.6. The van der Waals surface area contributed by atoms with E-state index >= 15 is 0 Å². The van der Waals surface area contributed by atoms with E-state index in [1.54, 1.807) is 24.3 Å². The van der Waals surface area contributed by atoms with Crippen LogP contribution in [0.25, 0.3) is 0 Å². The highest BCUT2D eigenvalue weighted by Crippen LogP contribution is 2.29. The zero-order chi connectivity index (χ0) is 21.2. The fourth-order valence-electron chi connectivity index (χ4n) is 2.65. The van der Waals surface area contributed by atoms with Crippen molar-refractivity contribution >= 4 is 34.8 Å². The molecule has 9 heteroatoms. The van der Waals surface area contributed by atoms with E-state index in [0.717, 1.165) is 29.8 Å². The predicted octanol–water partition coefficient (Wildman–Crippen LogP) is 5.47. The van der Waals surface area contributed by atoms with E-state index in [9.17, 15) is 22.8 Å². The maximum Gasteiger partial charge on any atom is 0.416 e. The highest BCUT2D eigenvalue weighted by atomic mass is 35.5. The lowest BCUT2D eigenvalue weighted by molar-refractivity contribution is -0.137. The average Bonchev–Trinajstić information content (AvgIpc) is 2.64. The zero-order valence-corrected chi connectivity index (χ0v) is 16.1. The van der Waals surface area contributed by atoms with Crippen LogP contribution in [0.15, 0.2) is 65.6 Å². The molecule has 29 heavy (non-hydrogen) atoms. The number of rotatable bonds is 4. The summed E-state index contributed by atoms with van der Waals surface area (Å²) >= 11 is 12.0. The van der Waals surface area contributed by atoms with Gasteiger partial charge in [-0.3, -0.25) is 9.59 Å². The molecule has 1 aromatic heterocycles. The number of alkyl halides is 3. The number of aromatic nitrogens is 1. The number of nitrogens with one attached hydrogen (secondary N) is 1.